The molecule has 0 N–H and O–H groups in total. The van der Waals surface area contributed by atoms with Crippen LogP contribution in [0.3, 0.4) is 0 Å². The minimum Gasteiger partial charge on any atom is -0.200 e. The van der Waals surface area contributed by atoms with Crippen molar-refractivity contribution in [1.82, 2.24) is 0 Å². The molecule has 2 aromatic carbocycles. The summed E-state index contributed by atoms with van der Waals surface area (Å²) in [6.07, 6.45) is 3.29. The van der Waals surface area contributed by atoms with Crippen LogP contribution < -0.4 is 9.75 Å². The molecule has 0 saturated carbocycles. The highest BCUT2D eigenvalue weighted by Crippen LogP contribution is 2.32. The summed E-state index contributed by atoms with van der Waals surface area (Å²) in [6.45, 7) is 16.3. The fraction of sp³-hybridized carbons (Fsp3) is 0.375. The fourth-order valence-corrected chi connectivity index (χ4v) is 5.07. The highest BCUT2D eigenvalue weighted by molar-refractivity contribution is 6.88. The monoisotopic (exact) mass is 362 g/mol. The van der Waals surface area contributed by atoms with Gasteiger partial charge in [-0.1, -0.05) is 43.9 Å². The molecular formula is C24H32NSi+. The number of benzene rings is 2. The zero-order chi connectivity index (χ0) is 19.2. The third-order valence-electron chi connectivity index (χ3n) is 5.97. The zero-order valence-corrected chi connectivity index (χ0v) is 18.6. The average Bonchev–Trinajstić information content (AvgIpc) is 2.59. The van der Waals surface area contributed by atoms with Gasteiger partial charge in [0, 0.05) is 6.07 Å². The van der Waals surface area contributed by atoms with Gasteiger partial charge >= 0.3 is 0 Å². The molecule has 2 heteroatoms. The van der Waals surface area contributed by atoms with Crippen LogP contribution in [0.5, 0.6) is 0 Å². The molecule has 0 bridgehead atoms. The van der Waals surface area contributed by atoms with E-state index in [0.29, 0.717) is 0 Å². The first-order chi connectivity index (χ1) is 12.1. The zero-order valence-electron chi connectivity index (χ0n) is 17.6. The molecule has 0 radical (unpaired) electrons. The van der Waals surface area contributed by atoms with E-state index >= 15 is 0 Å². The molecule has 1 aromatic heterocycles. The summed E-state index contributed by atoms with van der Waals surface area (Å²) in [5.74, 6) is 0. The third kappa shape index (κ3) is 3.12. The van der Waals surface area contributed by atoms with Gasteiger partial charge in [0.2, 0.25) is 5.69 Å². The van der Waals surface area contributed by atoms with Crippen LogP contribution in [0, 0.1) is 20.8 Å². The number of hydrogen-bond donors (Lipinski definition) is 0. The first-order valence-electron chi connectivity index (χ1n) is 9.68. The molecule has 0 atom stereocenters. The van der Waals surface area contributed by atoms with Gasteiger partial charge in [0.05, 0.1) is 19.0 Å². The number of rotatable bonds is 3. The van der Waals surface area contributed by atoms with Gasteiger partial charge in [-0.2, -0.15) is 0 Å². The third-order valence-corrected chi connectivity index (χ3v) is 8.01. The Kier molecular flexibility index (Phi) is 4.83. The van der Waals surface area contributed by atoms with Crippen LogP contribution in [-0.2, 0) is 13.5 Å². The summed E-state index contributed by atoms with van der Waals surface area (Å²) in [5, 5.41) is 4.23. The van der Waals surface area contributed by atoms with Crippen molar-refractivity contribution in [3.63, 3.8) is 0 Å². The Labute approximate surface area is 159 Å². The van der Waals surface area contributed by atoms with Crippen LogP contribution in [0.15, 0.2) is 36.5 Å². The fourth-order valence-electron chi connectivity index (χ4n) is 3.90. The summed E-state index contributed by atoms with van der Waals surface area (Å²) < 4.78 is 2.28. The Morgan fingerprint density at radius 2 is 1.58 bits per heavy atom. The molecule has 3 rings (SSSR count). The van der Waals surface area contributed by atoms with Crippen LogP contribution in [-0.4, -0.2) is 8.07 Å². The highest BCUT2D eigenvalue weighted by atomic mass is 28.3. The minimum atomic E-state index is -1.31. The van der Waals surface area contributed by atoms with Crippen molar-refractivity contribution in [2.45, 2.75) is 53.8 Å². The Balaban J connectivity index is 2.36. The highest BCUT2D eigenvalue weighted by Gasteiger charge is 2.22. The van der Waals surface area contributed by atoms with E-state index in [1.807, 2.05) is 0 Å². The van der Waals surface area contributed by atoms with Crippen molar-refractivity contribution in [3.8, 4) is 11.3 Å². The molecule has 3 aromatic rings. The van der Waals surface area contributed by atoms with Crippen LogP contribution in [0.4, 0.5) is 0 Å². The Bertz CT molecular complexity index is 993. The molecule has 0 unspecified atom stereocenters. The Morgan fingerprint density at radius 3 is 2.19 bits per heavy atom. The smallest absolute Gasteiger partial charge is 0.200 e. The number of fused-ring (bicyclic) bond motifs is 1. The van der Waals surface area contributed by atoms with E-state index in [1.165, 1.54) is 49.5 Å². The lowest BCUT2D eigenvalue weighted by Crippen LogP contribution is -2.37. The maximum Gasteiger partial charge on any atom is 0.220 e. The predicted molar refractivity (Wildman–Crippen MR) is 117 cm³/mol. The van der Waals surface area contributed by atoms with E-state index in [-0.39, 0.29) is 0 Å². The van der Waals surface area contributed by atoms with Gasteiger partial charge in [0.1, 0.15) is 7.05 Å². The molecular weight excluding hydrogens is 330 g/mol. The summed E-state index contributed by atoms with van der Waals surface area (Å²) in [7, 11) is 0.858. The SMILES string of the molecule is CCc1cc(-c2c3ccc([Si](C)(C)C)cc3cc[n+]2C)c(C)c(C)c1C. The van der Waals surface area contributed by atoms with E-state index in [2.05, 4.69) is 95.5 Å². The second-order valence-electron chi connectivity index (χ2n) is 8.64. The van der Waals surface area contributed by atoms with E-state index in [0.717, 1.165) is 6.42 Å². The number of pyridine rings is 1. The van der Waals surface area contributed by atoms with Crippen molar-refractivity contribution >= 4 is 24.0 Å². The molecule has 26 heavy (non-hydrogen) atoms. The summed E-state index contributed by atoms with van der Waals surface area (Å²) in [6, 6.07) is 11.8. The maximum absolute atomic E-state index is 2.42. The van der Waals surface area contributed by atoms with E-state index < -0.39 is 8.07 Å². The first-order valence-corrected chi connectivity index (χ1v) is 13.2. The predicted octanol–water partition coefficient (Wildman–Crippen LogP) is 5.36. The van der Waals surface area contributed by atoms with Gasteiger partial charge in [0.25, 0.3) is 0 Å². The lowest BCUT2D eigenvalue weighted by molar-refractivity contribution is -0.659. The quantitative estimate of drug-likeness (QED) is 0.436. The average molecular weight is 363 g/mol. The van der Waals surface area contributed by atoms with Gasteiger partial charge < -0.3 is 0 Å². The molecule has 136 valence electrons. The van der Waals surface area contributed by atoms with Gasteiger partial charge in [-0.25, -0.2) is 4.57 Å². The Hall–Kier alpha value is -1.93. The molecule has 0 aliphatic carbocycles. The summed E-state index contributed by atoms with van der Waals surface area (Å²) >= 11 is 0. The number of hydrogen-bond acceptors (Lipinski definition) is 0. The van der Waals surface area contributed by atoms with Crippen molar-refractivity contribution in [2.24, 2.45) is 7.05 Å². The number of nitrogens with zero attached hydrogens (tertiary/aromatic N) is 1. The topological polar surface area (TPSA) is 3.88 Å². The molecule has 0 fully saturated rings. The second-order valence-corrected chi connectivity index (χ2v) is 13.7. The lowest BCUT2D eigenvalue weighted by atomic mass is 9.90. The minimum absolute atomic E-state index is 1.08. The molecule has 0 amide bonds. The van der Waals surface area contributed by atoms with Gasteiger partial charge in [0.15, 0.2) is 6.20 Å². The van der Waals surface area contributed by atoms with Crippen LogP contribution in [0.1, 0.15) is 29.2 Å². The van der Waals surface area contributed by atoms with Gasteiger partial charge in [-0.05, 0) is 67.0 Å². The van der Waals surface area contributed by atoms with Crippen LogP contribution >= 0.6 is 0 Å². The normalized spacial score (nSPS) is 12.0. The number of aromatic nitrogens is 1. The van der Waals surface area contributed by atoms with E-state index in [9.17, 15) is 0 Å². The van der Waals surface area contributed by atoms with E-state index in [4.69, 9.17) is 0 Å². The van der Waals surface area contributed by atoms with Crippen molar-refractivity contribution < 1.29 is 4.57 Å². The molecule has 1 nitrogen and oxygen atoms in total. The first kappa shape index (κ1) is 18.8. The van der Waals surface area contributed by atoms with Crippen LogP contribution in [0.2, 0.25) is 19.6 Å². The second kappa shape index (κ2) is 6.66. The van der Waals surface area contributed by atoms with Crippen LogP contribution in [0.25, 0.3) is 22.0 Å². The summed E-state index contributed by atoms with van der Waals surface area (Å²) in [5.41, 5.74) is 8.43. The van der Waals surface area contributed by atoms with Crippen molar-refractivity contribution in [2.75, 3.05) is 0 Å². The molecule has 0 aliphatic rings. The largest absolute Gasteiger partial charge is 0.220 e. The molecule has 0 aliphatic heterocycles. The van der Waals surface area contributed by atoms with Gasteiger partial charge in [-0.15, -0.1) is 0 Å². The standard InChI is InChI=1S/C24H32NSi/c1-9-19-15-23(18(4)16(2)17(19)3)24-22-11-10-21(26(6,7)8)14-20(22)12-13-25(24)5/h10-15H,9H2,1-8H3/q+1. The lowest BCUT2D eigenvalue weighted by Gasteiger charge is -2.18. The molecule has 1 heterocycles. The maximum atomic E-state index is 2.42. The molecule has 0 saturated heterocycles. The summed E-state index contributed by atoms with van der Waals surface area (Å²) in [4.78, 5) is 0. The van der Waals surface area contributed by atoms with Crippen molar-refractivity contribution in [3.05, 3.63) is 58.8 Å². The van der Waals surface area contributed by atoms with Gasteiger partial charge in [-0.3, -0.25) is 0 Å². The number of aryl methyl sites for hydroxylation is 2. The van der Waals surface area contributed by atoms with Crippen molar-refractivity contribution in [1.29, 1.82) is 0 Å². The molecule has 0 spiro atoms. The van der Waals surface area contributed by atoms with E-state index in [1.54, 1.807) is 0 Å². The Morgan fingerprint density at radius 1 is 0.885 bits per heavy atom.